The molecule has 138 valence electrons. The van der Waals surface area contributed by atoms with Crippen molar-refractivity contribution in [2.24, 2.45) is 0 Å². The van der Waals surface area contributed by atoms with E-state index in [1.165, 1.54) is 23.5 Å². The number of thiazole rings is 1. The summed E-state index contributed by atoms with van der Waals surface area (Å²) >= 11 is 1.34. The quantitative estimate of drug-likeness (QED) is 0.447. The summed E-state index contributed by atoms with van der Waals surface area (Å²) in [4.78, 5) is 18.2. The number of nitrogens with zero attached hydrogens (tertiary/aromatic N) is 2. The van der Waals surface area contributed by atoms with Crippen molar-refractivity contribution >= 4 is 33.4 Å². The topological polar surface area (TPSA) is 47.5 Å². The van der Waals surface area contributed by atoms with Gasteiger partial charge in [-0.1, -0.05) is 11.3 Å². The van der Waals surface area contributed by atoms with E-state index in [0.717, 1.165) is 27.7 Å². The molecular weight excluding hydrogens is 375 g/mol. The van der Waals surface area contributed by atoms with E-state index in [9.17, 15) is 9.18 Å². The fraction of sp³-hybridized carbons (Fsp3) is 0.0909. The van der Waals surface area contributed by atoms with Crippen LogP contribution in [0.1, 0.15) is 16.9 Å². The van der Waals surface area contributed by atoms with Gasteiger partial charge in [-0.2, -0.15) is 0 Å². The molecule has 0 N–H and O–H groups in total. The lowest BCUT2D eigenvalue weighted by Crippen LogP contribution is -2.22. The number of fused-ring (bicyclic) bond motifs is 3. The number of aryl methyl sites for hydroxylation is 2. The SMILES string of the molecule is Cc1cc2nc3s/c(=C\c4ccc(-c5ccc(F)cc5)o4)c(=O)n3c2cc1C. The van der Waals surface area contributed by atoms with Gasteiger partial charge in [-0.3, -0.25) is 4.79 Å². The molecule has 0 fully saturated rings. The number of hydrogen-bond acceptors (Lipinski definition) is 4. The van der Waals surface area contributed by atoms with Crippen molar-refractivity contribution in [1.29, 1.82) is 0 Å². The lowest BCUT2D eigenvalue weighted by molar-refractivity contribution is 0.571. The summed E-state index contributed by atoms with van der Waals surface area (Å²) in [5.41, 5.74) is 4.61. The molecule has 6 heteroatoms. The Bertz CT molecular complexity index is 1460. The van der Waals surface area contributed by atoms with E-state index < -0.39 is 0 Å². The summed E-state index contributed by atoms with van der Waals surface area (Å²) in [5, 5.41) is 0. The average Bonchev–Trinajstić information content (AvgIpc) is 3.34. The third kappa shape index (κ3) is 2.65. The van der Waals surface area contributed by atoms with Crippen molar-refractivity contribution in [2.45, 2.75) is 13.8 Å². The second-order valence-corrected chi connectivity index (χ2v) is 7.79. The smallest absolute Gasteiger partial charge is 0.275 e. The molecule has 0 amide bonds. The predicted molar refractivity (Wildman–Crippen MR) is 109 cm³/mol. The molecule has 0 aliphatic heterocycles. The van der Waals surface area contributed by atoms with Gasteiger partial charge in [0.2, 0.25) is 0 Å². The van der Waals surface area contributed by atoms with E-state index in [-0.39, 0.29) is 11.4 Å². The van der Waals surface area contributed by atoms with E-state index >= 15 is 0 Å². The van der Waals surface area contributed by atoms with Crippen molar-refractivity contribution in [3.63, 3.8) is 0 Å². The van der Waals surface area contributed by atoms with Gasteiger partial charge in [0.1, 0.15) is 21.9 Å². The van der Waals surface area contributed by atoms with Crippen molar-refractivity contribution in [2.75, 3.05) is 0 Å². The zero-order valence-electron chi connectivity index (χ0n) is 15.2. The largest absolute Gasteiger partial charge is 0.457 e. The van der Waals surface area contributed by atoms with Crippen molar-refractivity contribution in [3.05, 3.63) is 86.1 Å². The summed E-state index contributed by atoms with van der Waals surface area (Å²) in [6, 6.07) is 13.7. The average molecular weight is 390 g/mol. The molecule has 0 spiro atoms. The van der Waals surface area contributed by atoms with Crippen molar-refractivity contribution in [1.82, 2.24) is 9.38 Å². The first-order valence-corrected chi connectivity index (χ1v) is 9.61. The second-order valence-electron chi connectivity index (χ2n) is 6.78. The van der Waals surface area contributed by atoms with Crippen LogP contribution in [-0.2, 0) is 0 Å². The summed E-state index contributed by atoms with van der Waals surface area (Å²) in [6.07, 6.45) is 1.72. The highest BCUT2D eigenvalue weighted by atomic mass is 32.1. The molecule has 2 aromatic carbocycles. The molecule has 3 heterocycles. The first-order valence-electron chi connectivity index (χ1n) is 8.79. The monoisotopic (exact) mass is 390 g/mol. The Morgan fingerprint density at radius 1 is 1.07 bits per heavy atom. The molecule has 0 aliphatic carbocycles. The van der Waals surface area contributed by atoms with Crippen LogP contribution in [0.2, 0.25) is 0 Å². The minimum atomic E-state index is -0.294. The highest BCUT2D eigenvalue weighted by Crippen LogP contribution is 2.23. The molecule has 4 nitrogen and oxygen atoms in total. The first kappa shape index (κ1) is 16.9. The molecule has 5 rings (SSSR count). The van der Waals surface area contributed by atoms with Gasteiger partial charge in [0.15, 0.2) is 4.96 Å². The number of imidazole rings is 1. The summed E-state index contributed by atoms with van der Waals surface area (Å²) in [6.45, 7) is 4.06. The minimum Gasteiger partial charge on any atom is -0.457 e. The normalized spacial score (nSPS) is 12.5. The zero-order chi connectivity index (χ0) is 19.4. The molecular formula is C22H15FN2O2S. The minimum absolute atomic E-state index is 0.106. The maximum Gasteiger partial charge on any atom is 0.275 e. The molecule has 5 aromatic rings. The molecule has 0 unspecified atom stereocenters. The fourth-order valence-corrected chi connectivity index (χ4v) is 4.21. The lowest BCUT2D eigenvalue weighted by atomic mass is 10.1. The van der Waals surface area contributed by atoms with Gasteiger partial charge in [0, 0.05) is 11.6 Å². The number of rotatable bonds is 2. The molecule has 0 saturated carbocycles. The van der Waals surface area contributed by atoms with Crippen LogP contribution in [0.3, 0.4) is 0 Å². The van der Waals surface area contributed by atoms with E-state index in [2.05, 4.69) is 4.98 Å². The summed E-state index contributed by atoms with van der Waals surface area (Å²) in [5.74, 6) is 0.895. The number of benzene rings is 2. The molecule has 0 atom stereocenters. The standard InChI is InChI=1S/C22H15FN2O2S/c1-12-9-17-18(10-13(12)2)25-21(26)20(28-22(25)24-17)11-16-7-8-19(27-16)14-3-5-15(23)6-4-14/h3-11H,1-2H3/b20-11-. The molecule has 3 aromatic heterocycles. The molecule has 0 bridgehead atoms. The van der Waals surface area contributed by atoms with Gasteiger partial charge >= 0.3 is 0 Å². The van der Waals surface area contributed by atoms with Gasteiger partial charge in [0.05, 0.1) is 11.0 Å². The van der Waals surface area contributed by atoms with Gasteiger partial charge in [-0.25, -0.2) is 13.8 Å². The first-order chi connectivity index (χ1) is 13.5. The molecule has 28 heavy (non-hydrogen) atoms. The third-order valence-electron chi connectivity index (χ3n) is 4.88. The van der Waals surface area contributed by atoms with E-state index in [1.54, 1.807) is 28.7 Å². The van der Waals surface area contributed by atoms with Crippen LogP contribution >= 0.6 is 11.3 Å². The van der Waals surface area contributed by atoms with Crippen LogP contribution in [0.15, 0.2) is 57.7 Å². The van der Waals surface area contributed by atoms with Gasteiger partial charge < -0.3 is 4.42 Å². The number of aromatic nitrogens is 2. The second kappa shape index (κ2) is 6.14. The zero-order valence-corrected chi connectivity index (χ0v) is 16.0. The fourth-order valence-electron chi connectivity index (χ4n) is 3.25. The predicted octanol–water partition coefficient (Wildman–Crippen LogP) is 4.47. The Labute approximate surface area is 163 Å². The Balaban J connectivity index is 1.62. The number of furan rings is 1. The third-order valence-corrected chi connectivity index (χ3v) is 5.85. The van der Waals surface area contributed by atoms with Gasteiger partial charge in [-0.05, 0) is 73.5 Å². The lowest BCUT2D eigenvalue weighted by Gasteiger charge is -1.98. The van der Waals surface area contributed by atoms with E-state index in [0.29, 0.717) is 21.0 Å². The summed E-state index contributed by atoms with van der Waals surface area (Å²) in [7, 11) is 0. The van der Waals surface area contributed by atoms with E-state index in [1.807, 2.05) is 32.0 Å². The van der Waals surface area contributed by atoms with Gasteiger partial charge in [0.25, 0.3) is 5.56 Å². The van der Waals surface area contributed by atoms with Crippen LogP contribution in [0.4, 0.5) is 4.39 Å². The highest BCUT2D eigenvalue weighted by Gasteiger charge is 2.13. The Hall–Kier alpha value is -3.25. The van der Waals surface area contributed by atoms with Crippen LogP contribution in [0.25, 0.3) is 33.4 Å². The summed E-state index contributed by atoms with van der Waals surface area (Å²) < 4.78 is 21.1. The van der Waals surface area contributed by atoms with Crippen molar-refractivity contribution < 1.29 is 8.81 Å². The molecule has 0 aliphatic rings. The highest BCUT2D eigenvalue weighted by molar-refractivity contribution is 7.15. The van der Waals surface area contributed by atoms with Crippen LogP contribution in [0, 0.1) is 19.7 Å². The van der Waals surface area contributed by atoms with Crippen LogP contribution in [-0.4, -0.2) is 9.38 Å². The van der Waals surface area contributed by atoms with E-state index in [4.69, 9.17) is 4.42 Å². The molecule has 0 radical (unpaired) electrons. The van der Waals surface area contributed by atoms with Crippen LogP contribution < -0.4 is 10.1 Å². The number of halogens is 1. The molecule has 0 saturated heterocycles. The van der Waals surface area contributed by atoms with Crippen LogP contribution in [0.5, 0.6) is 0 Å². The number of hydrogen-bond donors (Lipinski definition) is 0. The maximum atomic E-state index is 13.1. The van der Waals surface area contributed by atoms with Crippen molar-refractivity contribution in [3.8, 4) is 11.3 Å². The Morgan fingerprint density at radius 3 is 2.61 bits per heavy atom. The maximum absolute atomic E-state index is 13.1. The van der Waals surface area contributed by atoms with Gasteiger partial charge in [-0.15, -0.1) is 0 Å². The Morgan fingerprint density at radius 2 is 1.82 bits per heavy atom. The Kier molecular flexibility index (Phi) is 3.70.